The Labute approximate surface area is 130 Å². The van der Waals surface area contributed by atoms with Crippen LogP contribution in [0.1, 0.15) is 0 Å². The molecule has 111 valence electrons. The third-order valence-corrected chi connectivity index (χ3v) is 4.40. The summed E-state index contributed by atoms with van der Waals surface area (Å²) in [7, 11) is 2.15. The van der Waals surface area contributed by atoms with Gasteiger partial charge in [0.25, 0.3) is 0 Å². The van der Waals surface area contributed by atoms with Gasteiger partial charge in [-0.3, -0.25) is 0 Å². The van der Waals surface area contributed by atoms with Crippen LogP contribution < -0.4 is 15.8 Å². The van der Waals surface area contributed by atoms with Gasteiger partial charge in [-0.15, -0.1) is 0 Å². The van der Waals surface area contributed by atoms with Crippen molar-refractivity contribution in [2.24, 2.45) is 0 Å². The van der Waals surface area contributed by atoms with Crippen LogP contribution in [0, 0.1) is 0 Å². The fourth-order valence-corrected chi connectivity index (χ4v) is 3.30. The lowest BCUT2D eigenvalue weighted by atomic mass is 9.60. The van der Waals surface area contributed by atoms with E-state index in [1.165, 1.54) is 0 Å². The first kappa shape index (κ1) is 13.8. The molecule has 4 nitrogen and oxygen atoms in total. The van der Waals surface area contributed by atoms with Gasteiger partial charge in [0.15, 0.2) is 7.28 Å². The molecule has 1 fully saturated rings. The Morgan fingerprint density at radius 2 is 1.50 bits per heavy atom. The van der Waals surface area contributed by atoms with Gasteiger partial charge in [-0.25, -0.2) is 0 Å². The fraction of sp³-hybridized carbons (Fsp3) is 0.294. The molecule has 0 aliphatic carbocycles. The molecule has 1 radical (unpaired) electrons. The number of nitrogens with zero attached hydrogens (tertiary/aromatic N) is 1. The summed E-state index contributed by atoms with van der Waals surface area (Å²) in [6.07, 6.45) is -1.70. The van der Waals surface area contributed by atoms with Crippen molar-refractivity contribution in [3.63, 3.8) is 0 Å². The maximum atomic E-state index is 10.5. The van der Waals surface area contributed by atoms with E-state index in [4.69, 9.17) is 4.74 Å². The predicted octanol–water partition coefficient (Wildman–Crippen LogP) is -0.0863. The van der Waals surface area contributed by atoms with E-state index in [-0.39, 0.29) is 12.6 Å². The molecule has 1 saturated heterocycles. The molecule has 3 atom stereocenters. The molecule has 0 spiro atoms. The molecule has 3 unspecified atom stereocenters. The van der Waals surface area contributed by atoms with Crippen molar-refractivity contribution in [2.45, 2.75) is 18.2 Å². The van der Waals surface area contributed by atoms with Crippen LogP contribution in [0.15, 0.2) is 48.5 Å². The summed E-state index contributed by atoms with van der Waals surface area (Å²) in [6, 6.07) is 15.9. The van der Waals surface area contributed by atoms with Crippen LogP contribution in [-0.4, -0.2) is 49.0 Å². The van der Waals surface area contributed by atoms with Gasteiger partial charge in [-0.05, 0) is 12.1 Å². The Morgan fingerprint density at radius 3 is 2.14 bits per heavy atom. The highest BCUT2D eigenvalue weighted by atomic mass is 16.5. The van der Waals surface area contributed by atoms with Gasteiger partial charge in [0.2, 0.25) is 0 Å². The zero-order valence-electron chi connectivity index (χ0n) is 12.1. The molecule has 0 bridgehead atoms. The Hall–Kier alpha value is -1.82. The molecule has 0 aromatic heterocycles. The van der Waals surface area contributed by atoms with Crippen molar-refractivity contribution in [3.8, 4) is 0 Å². The van der Waals surface area contributed by atoms with Crippen molar-refractivity contribution in [1.82, 2.24) is 0 Å². The number of anilines is 2. The summed E-state index contributed by atoms with van der Waals surface area (Å²) in [5.74, 6) is 0. The first-order valence-corrected chi connectivity index (χ1v) is 7.51. The van der Waals surface area contributed by atoms with E-state index in [0.29, 0.717) is 6.61 Å². The van der Waals surface area contributed by atoms with Gasteiger partial charge >= 0.3 is 0 Å². The Balaban J connectivity index is 1.84. The van der Waals surface area contributed by atoms with Crippen LogP contribution in [0.5, 0.6) is 0 Å². The van der Waals surface area contributed by atoms with E-state index in [2.05, 4.69) is 24.3 Å². The number of aliphatic hydroxyl groups excluding tert-OH is 2. The van der Waals surface area contributed by atoms with E-state index in [0.717, 1.165) is 22.3 Å². The normalized spacial score (nSPS) is 26.8. The van der Waals surface area contributed by atoms with Crippen LogP contribution in [-0.2, 0) is 4.74 Å². The second-order valence-electron chi connectivity index (χ2n) is 5.79. The maximum Gasteiger partial charge on any atom is 0.196 e. The average Bonchev–Trinajstić information content (AvgIpc) is 2.55. The monoisotopic (exact) mass is 294 g/mol. The van der Waals surface area contributed by atoms with E-state index >= 15 is 0 Å². The minimum atomic E-state index is -0.857. The standard InChI is InChI=1S/C17H17BNO3/c20-16-10-22-9-15(17(16)21)19-13-7-3-1-5-11(13)18-12-6-2-4-8-14(12)19/h1-8,15-17,20-21H,9-10H2. The highest BCUT2D eigenvalue weighted by Crippen LogP contribution is 2.31. The molecule has 2 aromatic rings. The van der Waals surface area contributed by atoms with Crippen molar-refractivity contribution >= 4 is 29.6 Å². The molecule has 4 rings (SSSR count). The van der Waals surface area contributed by atoms with Crippen LogP contribution >= 0.6 is 0 Å². The highest BCUT2D eigenvalue weighted by molar-refractivity contribution is 6.71. The number of para-hydroxylation sites is 2. The summed E-state index contributed by atoms with van der Waals surface area (Å²) in [5, 5.41) is 20.4. The van der Waals surface area contributed by atoms with E-state index < -0.39 is 12.2 Å². The number of hydrogen-bond acceptors (Lipinski definition) is 4. The molecule has 2 aliphatic heterocycles. The fourth-order valence-electron chi connectivity index (χ4n) is 3.30. The second-order valence-corrected chi connectivity index (χ2v) is 5.79. The Bertz CT molecular complexity index is 648. The number of rotatable bonds is 1. The zero-order valence-corrected chi connectivity index (χ0v) is 12.1. The zero-order chi connectivity index (χ0) is 15.1. The quantitative estimate of drug-likeness (QED) is 0.722. The summed E-state index contributed by atoms with van der Waals surface area (Å²) in [5.41, 5.74) is 4.27. The number of benzene rings is 2. The third kappa shape index (κ3) is 2.13. The van der Waals surface area contributed by atoms with E-state index in [1.54, 1.807) is 0 Å². The number of fused-ring (bicyclic) bond motifs is 2. The van der Waals surface area contributed by atoms with Crippen molar-refractivity contribution in [2.75, 3.05) is 18.1 Å². The Morgan fingerprint density at radius 1 is 0.909 bits per heavy atom. The molecule has 2 aliphatic rings. The lowest BCUT2D eigenvalue weighted by molar-refractivity contribution is -0.0962. The number of ether oxygens (including phenoxy) is 1. The van der Waals surface area contributed by atoms with Gasteiger partial charge in [0.05, 0.1) is 19.3 Å². The summed E-state index contributed by atoms with van der Waals surface area (Å²) in [4.78, 5) is 2.09. The van der Waals surface area contributed by atoms with Gasteiger partial charge in [0.1, 0.15) is 12.2 Å². The van der Waals surface area contributed by atoms with Crippen molar-refractivity contribution in [3.05, 3.63) is 48.5 Å². The van der Waals surface area contributed by atoms with E-state index in [1.807, 2.05) is 36.4 Å². The van der Waals surface area contributed by atoms with Crippen LogP contribution in [0.3, 0.4) is 0 Å². The lowest BCUT2D eigenvalue weighted by Gasteiger charge is -2.44. The molecule has 5 heteroatoms. The highest BCUT2D eigenvalue weighted by Gasteiger charge is 2.38. The average molecular weight is 294 g/mol. The molecule has 0 amide bonds. The van der Waals surface area contributed by atoms with Crippen LogP contribution in [0.4, 0.5) is 11.4 Å². The molecular formula is C17H17BNO3. The predicted molar refractivity (Wildman–Crippen MR) is 86.7 cm³/mol. The van der Waals surface area contributed by atoms with Crippen LogP contribution in [0.2, 0.25) is 0 Å². The topological polar surface area (TPSA) is 52.9 Å². The minimum absolute atomic E-state index is 0.181. The molecule has 2 aromatic carbocycles. The van der Waals surface area contributed by atoms with E-state index in [9.17, 15) is 10.2 Å². The maximum absolute atomic E-state index is 10.5. The molecular weight excluding hydrogens is 277 g/mol. The largest absolute Gasteiger partial charge is 0.388 e. The van der Waals surface area contributed by atoms with Crippen LogP contribution in [0.25, 0.3) is 0 Å². The smallest absolute Gasteiger partial charge is 0.196 e. The minimum Gasteiger partial charge on any atom is -0.388 e. The lowest BCUT2D eigenvalue weighted by Crippen LogP contribution is -2.58. The van der Waals surface area contributed by atoms with Gasteiger partial charge in [0, 0.05) is 11.4 Å². The third-order valence-electron chi connectivity index (χ3n) is 4.40. The Kier molecular flexibility index (Phi) is 3.41. The first-order valence-electron chi connectivity index (χ1n) is 7.51. The molecule has 2 N–H and O–H groups in total. The summed E-state index contributed by atoms with van der Waals surface area (Å²) >= 11 is 0. The van der Waals surface area contributed by atoms with Crippen molar-refractivity contribution in [1.29, 1.82) is 0 Å². The van der Waals surface area contributed by atoms with Gasteiger partial charge in [-0.2, -0.15) is 0 Å². The van der Waals surface area contributed by atoms with Gasteiger partial charge in [-0.1, -0.05) is 47.3 Å². The second kappa shape index (κ2) is 5.43. The summed E-state index contributed by atoms with van der Waals surface area (Å²) in [6.45, 7) is 0.571. The SMILES string of the molecule is OC1COCC(N2c3ccccc3[B]c3ccccc32)C1O. The molecule has 0 saturated carbocycles. The molecule has 22 heavy (non-hydrogen) atoms. The van der Waals surface area contributed by atoms with Crippen molar-refractivity contribution < 1.29 is 14.9 Å². The number of aliphatic hydroxyl groups is 2. The first-order chi connectivity index (χ1) is 10.8. The molecule has 2 heterocycles. The van der Waals surface area contributed by atoms with Gasteiger partial charge < -0.3 is 19.8 Å². The summed E-state index contributed by atoms with van der Waals surface area (Å²) < 4.78 is 5.49. The number of hydrogen-bond donors (Lipinski definition) is 2.